The molecule has 3 aromatic rings. The maximum Gasteiger partial charge on any atom is 0.251 e. The number of carbonyl (C=O) groups is 1. The fraction of sp³-hybridized carbons (Fsp3) is 0.174. The van der Waals surface area contributed by atoms with Gasteiger partial charge in [0.1, 0.15) is 18.0 Å². The van der Waals surface area contributed by atoms with E-state index in [0.717, 1.165) is 17.9 Å². The van der Waals surface area contributed by atoms with Crippen molar-refractivity contribution in [1.82, 2.24) is 5.32 Å². The minimum absolute atomic E-state index is 0.0896. The zero-order valence-electron chi connectivity index (χ0n) is 15.7. The minimum atomic E-state index is -0.0896. The molecular formula is C23H25N2O2+. The van der Waals surface area contributed by atoms with Crippen molar-refractivity contribution in [3.8, 4) is 11.5 Å². The van der Waals surface area contributed by atoms with Gasteiger partial charge in [-0.3, -0.25) is 4.79 Å². The number of hydrogen-bond donors (Lipinski definition) is 2. The van der Waals surface area contributed by atoms with Gasteiger partial charge in [-0.25, -0.2) is 0 Å². The summed E-state index contributed by atoms with van der Waals surface area (Å²) >= 11 is 0. The molecule has 0 fully saturated rings. The largest absolute Gasteiger partial charge is 0.457 e. The van der Waals surface area contributed by atoms with Crippen molar-refractivity contribution in [1.29, 1.82) is 0 Å². The second-order valence-corrected chi connectivity index (χ2v) is 6.77. The summed E-state index contributed by atoms with van der Waals surface area (Å²) < 4.78 is 5.76. The monoisotopic (exact) mass is 361 g/mol. The molecule has 0 radical (unpaired) electrons. The van der Waals surface area contributed by atoms with Crippen LogP contribution in [0.3, 0.4) is 0 Å². The van der Waals surface area contributed by atoms with Gasteiger partial charge in [0.25, 0.3) is 5.91 Å². The first-order chi connectivity index (χ1) is 13.1. The van der Waals surface area contributed by atoms with Crippen molar-refractivity contribution in [2.45, 2.75) is 13.1 Å². The third-order valence-corrected chi connectivity index (χ3v) is 4.20. The van der Waals surface area contributed by atoms with E-state index in [9.17, 15) is 4.79 Å². The number of amides is 1. The van der Waals surface area contributed by atoms with Gasteiger partial charge in [-0.05, 0) is 42.0 Å². The van der Waals surface area contributed by atoms with E-state index in [2.05, 4.69) is 31.5 Å². The number of rotatable bonds is 7. The zero-order valence-corrected chi connectivity index (χ0v) is 15.7. The first-order valence-corrected chi connectivity index (χ1v) is 9.09. The Balaban J connectivity index is 1.60. The summed E-state index contributed by atoms with van der Waals surface area (Å²) in [6.45, 7) is 1.45. The number of nitrogens with one attached hydrogen (secondary N) is 2. The van der Waals surface area contributed by atoms with Crippen LogP contribution in [0.2, 0.25) is 0 Å². The first kappa shape index (κ1) is 18.7. The second-order valence-electron chi connectivity index (χ2n) is 6.77. The summed E-state index contributed by atoms with van der Waals surface area (Å²) in [6.07, 6.45) is 0. The molecule has 0 aliphatic heterocycles. The highest BCUT2D eigenvalue weighted by Gasteiger charge is 2.09. The predicted octanol–water partition coefficient (Wildman–Crippen LogP) is 3.05. The molecule has 0 spiro atoms. The van der Waals surface area contributed by atoms with Crippen LogP contribution in [0.25, 0.3) is 0 Å². The lowest BCUT2D eigenvalue weighted by Gasteiger charge is -2.13. The van der Waals surface area contributed by atoms with Crippen molar-refractivity contribution < 1.29 is 14.4 Å². The summed E-state index contributed by atoms with van der Waals surface area (Å²) in [4.78, 5) is 13.8. The number of para-hydroxylation sites is 1. The fourth-order valence-electron chi connectivity index (χ4n) is 2.86. The molecule has 27 heavy (non-hydrogen) atoms. The number of ether oxygens (including phenoxy) is 1. The number of carbonyl (C=O) groups excluding carboxylic acids is 1. The van der Waals surface area contributed by atoms with Crippen molar-refractivity contribution in [3.63, 3.8) is 0 Å². The Hall–Kier alpha value is -3.11. The quantitative estimate of drug-likeness (QED) is 0.679. The smallest absolute Gasteiger partial charge is 0.251 e. The highest BCUT2D eigenvalue weighted by Crippen LogP contribution is 2.21. The summed E-state index contributed by atoms with van der Waals surface area (Å²) in [5.74, 6) is 1.39. The van der Waals surface area contributed by atoms with Gasteiger partial charge in [-0.15, -0.1) is 0 Å². The van der Waals surface area contributed by atoms with Crippen molar-refractivity contribution in [3.05, 3.63) is 95.6 Å². The molecule has 0 atom stereocenters. The van der Waals surface area contributed by atoms with E-state index in [0.29, 0.717) is 17.9 Å². The lowest BCUT2D eigenvalue weighted by molar-refractivity contribution is -0.872. The molecule has 4 nitrogen and oxygen atoms in total. The molecule has 0 aliphatic rings. The minimum Gasteiger partial charge on any atom is -0.457 e. The van der Waals surface area contributed by atoms with Crippen LogP contribution in [0.15, 0.2) is 78.9 Å². The molecule has 0 unspecified atom stereocenters. The van der Waals surface area contributed by atoms with Crippen molar-refractivity contribution >= 4 is 5.91 Å². The van der Waals surface area contributed by atoms with Crippen molar-refractivity contribution in [2.24, 2.45) is 0 Å². The average molecular weight is 361 g/mol. The van der Waals surface area contributed by atoms with Gasteiger partial charge in [0, 0.05) is 17.7 Å². The molecule has 4 heteroatoms. The van der Waals surface area contributed by atoms with Gasteiger partial charge in [-0.1, -0.05) is 42.5 Å². The molecule has 0 saturated carbocycles. The van der Waals surface area contributed by atoms with Gasteiger partial charge in [-0.2, -0.15) is 0 Å². The molecule has 3 aromatic carbocycles. The predicted molar refractivity (Wildman–Crippen MR) is 107 cm³/mol. The standard InChI is InChI=1S/C23H24N2O2/c1-25(2)17-20-9-7-6-8-19(20)16-24-23(26)18-12-14-22(15-13-18)27-21-10-4-3-5-11-21/h3-15H,16-17H2,1-2H3,(H,24,26)/p+1. The average Bonchev–Trinajstić information content (AvgIpc) is 2.68. The van der Waals surface area contributed by atoms with E-state index in [1.165, 1.54) is 10.5 Å². The molecular weight excluding hydrogens is 336 g/mol. The van der Waals surface area contributed by atoms with Crippen LogP contribution in [-0.4, -0.2) is 20.0 Å². The normalized spacial score (nSPS) is 10.6. The molecule has 138 valence electrons. The summed E-state index contributed by atoms with van der Waals surface area (Å²) in [5.41, 5.74) is 3.02. The SMILES string of the molecule is C[NH+](C)Cc1ccccc1CNC(=O)c1ccc(Oc2ccccc2)cc1. The topological polar surface area (TPSA) is 42.8 Å². The highest BCUT2D eigenvalue weighted by molar-refractivity contribution is 5.94. The van der Waals surface area contributed by atoms with Gasteiger partial charge < -0.3 is 15.0 Å². The Morgan fingerprint density at radius 1 is 0.815 bits per heavy atom. The summed E-state index contributed by atoms with van der Waals surface area (Å²) in [7, 11) is 4.24. The van der Waals surface area contributed by atoms with Crippen LogP contribution in [-0.2, 0) is 13.1 Å². The first-order valence-electron chi connectivity index (χ1n) is 9.09. The molecule has 0 aliphatic carbocycles. The van der Waals surface area contributed by atoms with Crippen LogP contribution in [0.4, 0.5) is 0 Å². The highest BCUT2D eigenvalue weighted by atomic mass is 16.5. The lowest BCUT2D eigenvalue weighted by atomic mass is 10.1. The van der Waals surface area contributed by atoms with Gasteiger partial charge >= 0.3 is 0 Å². The molecule has 0 aromatic heterocycles. The third-order valence-electron chi connectivity index (χ3n) is 4.20. The molecule has 0 saturated heterocycles. The van der Waals surface area contributed by atoms with Crippen LogP contribution in [0, 0.1) is 0 Å². The van der Waals surface area contributed by atoms with E-state index < -0.39 is 0 Å². The summed E-state index contributed by atoms with van der Waals surface area (Å²) in [5, 5.41) is 3.01. The van der Waals surface area contributed by atoms with E-state index >= 15 is 0 Å². The fourth-order valence-corrected chi connectivity index (χ4v) is 2.86. The van der Waals surface area contributed by atoms with Crippen molar-refractivity contribution in [2.75, 3.05) is 14.1 Å². The van der Waals surface area contributed by atoms with Gasteiger partial charge in [0.05, 0.1) is 14.1 Å². The van der Waals surface area contributed by atoms with Gasteiger partial charge in [0.15, 0.2) is 0 Å². The second kappa shape index (κ2) is 9.01. The Morgan fingerprint density at radius 3 is 2.07 bits per heavy atom. The maximum atomic E-state index is 12.5. The Bertz CT molecular complexity index is 874. The number of quaternary nitrogens is 1. The summed E-state index contributed by atoms with van der Waals surface area (Å²) in [6, 6.07) is 25.0. The number of hydrogen-bond acceptors (Lipinski definition) is 2. The Morgan fingerprint density at radius 2 is 1.41 bits per heavy atom. The number of benzene rings is 3. The lowest BCUT2D eigenvalue weighted by Crippen LogP contribution is -3.04. The van der Waals surface area contributed by atoms with Crippen LogP contribution in [0.1, 0.15) is 21.5 Å². The zero-order chi connectivity index (χ0) is 19.1. The maximum absolute atomic E-state index is 12.5. The third kappa shape index (κ3) is 5.43. The van der Waals surface area contributed by atoms with E-state index in [1.54, 1.807) is 12.1 Å². The van der Waals surface area contributed by atoms with E-state index in [1.807, 2.05) is 54.6 Å². The molecule has 1 amide bonds. The molecule has 2 N–H and O–H groups in total. The van der Waals surface area contributed by atoms with E-state index in [4.69, 9.17) is 4.74 Å². The molecule has 3 rings (SSSR count). The van der Waals surface area contributed by atoms with Crippen LogP contribution in [0.5, 0.6) is 11.5 Å². The van der Waals surface area contributed by atoms with E-state index in [-0.39, 0.29) is 5.91 Å². The van der Waals surface area contributed by atoms with Crippen LogP contribution >= 0.6 is 0 Å². The molecule has 0 heterocycles. The Labute approximate surface area is 160 Å². The van der Waals surface area contributed by atoms with Crippen LogP contribution < -0.4 is 15.0 Å². The molecule has 0 bridgehead atoms. The Kier molecular flexibility index (Phi) is 6.23. The van der Waals surface area contributed by atoms with Gasteiger partial charge in [0.2, 0.25) is 0 Å².